The summed E-state index contributed by atoms with van der Waals surface area (Å²) in [6.07, 6.45) is 0.836. The van der Waals surface area contributed by atoms with Crippen LogP contribution in [0.15, 0.2) is 0 Å². The summed E-state index contributed by atoms with van der Waals surface area (Å²) in [4.78, 5) is 11.2. The van der Waals surface area contributed by atoms with E-state index in [0.717, 1.165) is 13.0 Å². The Balaban J connectivity index is 2.57. The van der Waals surface area contributed by atoms with Crippen LogP contribution < -0.4 is 5.32 Å². The van der Waals surface area contributed by atoms with Gasteiger partial charge in [0.25, 0.3) is 0 Å². The zero-order chi connectivity index (χ0) is 8.32. The van der Waals surface area contributed by atoms with Gasteiger partial charge < -0.3 is 0 Å². The molecule has 0 saturated carbocycles. The Kier molecular flexibility index (Phi) is 2.59. The van der Waals surface area contributed by atoms with Gasteiger partial charge in [0, 0.05) is 6.54 Å². The van der Waals surface area contributed by atoms with Crippen molar-refractivity contribution in [3.63, 3.8) is 0 Å². The molecule has 0 aliphatic carbocycles. The number of nitrogens with one attached hydrogen (secondary N) is 1. The van der Waals surface area contributed by atoms with E-state index in [1.54, 1.807) is 0 Å². The quantitative estimate of drug-likeness (QED) is 0.431. The van der Waals surface area contributed by atoms with Crippen LogP contribution in [0.4, 0.5) is 0 Å². The van der Waals surface area contributed by atoms with Crippen molar-refractivity contribution in [1.82, 2.24) is 5.32 Å². The van der Waals surface area contributed by atoms with E-state index in [-0.39, 0.29) is 10.6 Å². The van der Waals surface area contributed by atoms with Crippen molar-refractivity contribution in [3.8, 4) is 0 Å². The van der Waals surface area contributed by atoms with Crippen molar-refractivity contribution in [2.24, 2.45) is 0 Å². The Labute approximate surface area is 66.4 Å². The number of rotatable bonds is 2. The minimum atomic E-state index is -0.372. The first-order valence-electron chi connectivity index (χ1n) is 4.03. The molecule has 1 aliphatic rings. The lowest BCUT2D eigenvalue weighted by Crippen LogP contribution is -2.60. The molecule has 2 N–H and O–H groups in total. The Morgan fingerprint density at radius 2 is 2.45 bits per heavy atom. The first kappa shape index (κ1) is 8.64. The monoisotopic (exact) mass is 159 g/mol. The number of nitrogens with zero attached hydrogens (tertiary/aromatic N) is 1. The summed E-state index contributed by atoms with van der Waals surface area (Å²) in [5, 5.41) is 12.6. The van der Waals surface area contributed by atoms with Crippen LogP contribution in [0, 0.1) is 0 Å². The van der Waals surface area contributed by atoms with E-state index in [0.29, 0.717) is 19.6 Å². The number of hydrogen-bond donors (Lipinski definition) is 2. The number of hydrogen-bond acceptors (Lipinski definition) is 3. The third kappa shape index (κ3) is 1.77. The summed E-state index contributed by atoms with van der Waals surface area (Å²) in [5.41, 5.74) is 0. The predicted octanol–water partition coefficient (Wildman–Crippen LogP) is -0.268. The van der Waals surface area contributed by atoms with Crippen LogP contribution in [0.25, 0.3) is 0 Å². The van der Waals surface area contributed by atoms with E-state index in [9.17, 15) is 10.0 Å². The first-order chi connectivity index (χ1) is 5.19. The molecule has 1 saturated heterocycles. The van der Waals surface area contributed by atoms with Gasteiger partial charge in [0.05, 0.1) is 0 Å². The zero-order valence-corrected chi connectivity index (χ0v) is 6.84. The van der Waals surface area contributed by atoms with Crippen molar-refractivity contribution < 1.29 is 14.6 Å². The van der Waals surface area contributed by atoms with Crippen molar-refractivity contribution in [1.29, 1.82) is 0 Å². The van der Waals surface area contributed by atoms with Crippen molar-refractivity contribution in [2.75, 3.05) is 26.2 Å². The number of amides is 1. The zero-order valence-electron chi connectivity index (χ0n) is 6.84. The topological polar surface area (TPSA) is 49.3 Å². The van der Waals surface area contributed by atoms with Crippen LogP contribution >= 0.6 is 0 Å². The molecular weight excluding hydrogens is 144 g/mol. The SMILES string of the molecule is CCC[N+]1(O)CCNCC1=O. The van der Waals surface area contributed by atoms with E-state index in [1.165, 1.54) is 0 Å². The van der Waals surface area contributed by atoms with Crippen molar-refractivity contribution in [3.05, 3.63) is 0 Å². The van der Waals surface area contributed by atoms with Gasteiger partial charge >= 0.3 is 5.91 Å². The van der Waals surface area contributed by atoms with E-state index in [1.807, 2.05) is 6.92 Å². The van der Waals surface area contributed by atoms with Crippen LogP contribution in [-0.2, 0) is 4.79 Å². The third-order valence-electron chi connectivity index (χ3n) is 1.99. The Morgan fingerprint density at radius 3 is 3.00 bits per heavy atom. The largest absolute Gasteiger partial charge is 0.359 e. The van der Waals surface area contributed by atoms with Gasteiger partial charge in [-0.15, -0.1) is 4.65 Å². The molecule has 1 amide bonds. The van der Waals surface area contributed by atoms with Gasteiger partial charge in [-0.3, -0.25) is 5.32 Å². The highest BCUT2D eigenvalue weighted by molar-refractivity contribution is 5.71. The minimum Gasteiger partial charge on any atom is -0.299 e. The summed E-state index contributed by atoms with van der Waals surface area (Å²) in [5.74, 6) is -0.113. The number of carbonyl (C=O) groups is 1. The molecule has 11 heavy (non-hydrogen) atoms. The Hall–Kier alpha value is -0.450. The molecule has 64 valence electrons. The van der Waals surface area contributed by atoms with Gasteiger partial charge in [-0.05, 0) is 6.42 Å². The first-order valence-corrected chi connectivity index (χ1v) is 4.03. The molecule has 4 nitrogen and oxygen atoms in total. The number of carbonyl (C=O) groups excluding carboxylic acids is 1. The summed E-state index contributed by atoms with van der Waals surface area (Å²) in [6.45, 7) is 4.04. The molecule has 1 aliphatic heterocycles. The molecule has 0 bridgehead atoms. The highest BCUT2D eigenvalue weighted by atomic mass is 16.6. The smallest absolute Gasteiger partial charge is 0.299 e. The molecule has 0 radical (unpaired) electrons. The van der Waals surface area contributed by atoms with Crippen LogP contribution in [0.3, 0.4) is 0 Å². The molecule has 1 atom stereocenters. The van der Waals surface area contributed by atoms with Gasteiger partial charge in [-0.2, -0.15) is 0 Å². The number of quaternary nitrogens is 1. The lowest BCUT2D eigenvalue weighted by Gasteiger charge is -2.30. The summed E-state index contributed by atoms with van der Waals surface area (Å²) in [6, 6.07) is 0. The highest BCUT2D eigenvalue weighted by Crippen LogP contribution is 2.06. The molecule has 1 unspecified atom stereocenters. The third-order valence-corrected chi connectivity index (χ3v) is 1.99. The molecule has 0 aromatic heterocycles. The van der Waals surface area contributed by atoms with Crippen molar-refractivity contribution in [2.45, 2.75) is 13.3 Å². The Morgan fingerprint density at radius 1 is 1.73 bits per heavy atom. The molecule has 1 heterocycles. The molecule has 0 aromatic rings. The lowest BCUT2D eigenvalue weighted by atomic mass is 10.3. The van der Waals surface area contributed by atoms with Gasteiger partial charge in [0.15, 0.2) is 0 Å². The molecule has 1 fully saturated rings. The average Bonchev–Trinajstić information content (AvgIpc) is 1.96. The fourth-order valence-corrected chi connectivity index (χ4v) is 1.34. The predicted molar refractivity (Wildman–Crippen MR) is 39.9 cm³/mol. The Bertz CT molecular complexity index is 157. The maximum absolute atomic E-state index is 11.2. The maximum Gasteiger partial charge on any atom is 0.359 e. The second kappa shape index (κ2) is 3.30. The summed E-state index contributed by atoms with van der Waals surface area (Å²) >= 11 is 0. The fraction of sp³-hybridized carbons (Fsp3) is 0.857. The van der Waals surface area contributed by atoms with Gasteiger partial charge in [0.2, 0.25) is 0 Å². The second-order valence-electron chi connectivity index (χ2n) is 2.94. The summed E-state index contributed by atoms with van der Waals surface area (Å²) < 4.78 is -0.372. The van der Waals surface area contributed by atoms with Crippen LogP contribution in [-0.4, -0.2) is 41.9 Å². The number of hydroxylamine groups is 3. The molecule has 4 heteroatoms. The second-order valence-corrected chi connectivity index (χ2v) is 2.94. The van der Waals surface area contributed by atoms with E-state index in [4.69, 9.17) is 0 Å². The van der Waals surface area contributed by atoms with E-state index in [2.05, 4.69) is 5.32 Å². The van der Waals surface area contributed by atoms with Crippen LogP contribution in [0.5, 0.6) is 0 Å². The van der Waals surface area contributed by atoms with E-state index >= 15 is 0 Å². The lowest BCUT2D eigenvalue weighted by molar-refractivity contribution is -1.04. The highest BCUT2D eigenvalue weighted by Gasteiger charge is 2.36. The van der Waals surface area contributed by atoms with Crippen molar-refractivity contribution >= 4 is 5.91 Å². The van der Waals surface area contributed by atoms with Gasteiger partial charge in [-0.1, -0.05) is 6.92 Å². The molecule has 0 aromatic carbocycles. The maximum atomic E-state index is 11.2. The molecule has 0 spiro atoms. The minimum absolute atomic E-state index is 0.113. The summed E-state index contributed by atoms with van der Waals surface area (Å²) in [7, 11) is 0. The average molecular weight is 159 g/mol. The van der Waals surface area contributed by atoms with Crippen LogP contribution in [0.2, 0.25) is 0 Å². The molecular formula is C7H15N2O2+. The standard InChI is InChI=1S/C7H15N2O2/c1-2-4-9(11)5-3-8-6-7(9)10/h8,11H,2-6H2,1H3/q+1. The van der Waals surface area contributed by atoms with E-state index < -0.39 is 0 Å². The fourth-order valence-electron chi connectivity index (χ4n) is 1.34. The van der Waals surface area contributed by atoms with Gasteiger partial charge in [0.1, 0.15) is 19.6 Å². The van der Waals surface area contributed by atoms with Crippen LogP contribution in [0.1, 0.15) is 13.3 Å². The molecule has 1 rings (SSSR count). The normalized spacial score (nSPS) is 32.4. The van der Waals surface area contributed by atoms with Gasteiger partial charge in [-0.25, -0.2) is 10.0 Å². The number of piperazine rings is 1.